The van der Waals surface area contributed by atoms with Gasteiger partial charge in [0.2, 0.25) is 0 Å². The van der Waals surface area contributed by atoms with Crippen molar-refractivity contribution in [1.29, 1.82) is 5.26 Å². The van der Waals surface area contributed by atoms with Crippen molar-refractivity contribution in [2.75, 3.05) is 0 Å². The van der Waals surface area contributed by atoms with Crippen LogP contribution in [-0.2, 0) is 4.74 Å². The SMILES string of the molecule is CC.CC.CC(C)=C/C=C(\C)OC#N. The van der Waals surface area contributed by atoms with Crippen LogP contribution in [0.15, 0.2) is 23.5 Å². The second-order valence-corrected chi connectivity index (χ2v) is 2.21. The van der Waals surface area contributed by atoms with Crippen molar-refractivity contribution in [3.05, 3.63) is 23.5 Å². The summed E-state index contributed by atoms with van der Waals surface area (Å²) in [6.45, 7) is 13.7. The van der Waals surface area contributed by atoms with Gasteiger partial charge in [-0.15, -0.1) is 5.26 Å². The molecular weight excluding hydrogens is 174 g/mol. The largest absolute Gasteiger partial charge is 0.393 e. The van der Waals surface area contributed by atoms with E-state index in [2.05, 4.69) is 4.74 Å². The molecule has 0 aliphatic heterocycles. The molecule has 0 radical (unpaired) electrons. The van der Waals surface area contributed by atoms with Crippen molar-refractivity contribution >= 4 is 0 Å². The normalized spacial score (nSPS) is 8.00. The van der Waals surface area contributed by atoms with E-state index >= 15 is 0 Å². The van der Waals surface area contributed by atoms with Crippen LogP contribution in [0.25, 0.3) is 0 Å². The Kier molecular flexibility index (Phi) is 23.5. The first kappa shape index (κ1) is 18.5. The van der Waals surface area contributed by atoms with E-state index in [9.17, 15) is 0 Å². The van der Waals surface area contributed by atoms with Crippen LogP contribution in [0.1, 0.15) is 48.5 Å². The van der Waals surface area contributed by atoms with Gasteiger partial charge in [0, 0.05) is 0 Å². The van der Waals surface area contributed by atoms with Crippen molar-refractivity contribution in [2.24, 2.45) is 0 Å². The third-order valence-corrected chi connectivity index (χ3v) is 0.858. The third-order valence-electron chi connectivity index (χ3n) is 0.858. The molecule has 0 bridgehead atoms. The maximum absolute atomic E-state index is 8.07. The average molecular weight is 197 g/mol. The fourth-order valence-corrected chi connectivity index (χ4v) is 0.390. The van der Waals surface area contributed by atoms with Gasteiger partial charge in [0.25, 0.3) is 6.26 Å². The lowest BCUT2D eigenvalue weighted by molar-refractivity contribution is 0.377. The molecule has 2 nitrogen and oxygen atoms in total. The zero-order valence-electron chi connectivity index (χ0n) is 10.5. The van der Waals surface area contributed by atoms with Crippen molar-refractivity contribution in [1.82, 2.24) is 0 Å². The molecule has 0 rings (SSSR count). The number of ether oxygens (including phenoxy) is 1. The van der Waals surface area contributed by atoms with Gasteiger partial charge in [0.15, 0.2) is 0 Å². The molecule has 2 heteroatoms. The Hall–Kier alpha value is -1.23. The molecule has 0 aliphatic rings. The van der Waals surface area contributed by atoms with Crippen LogP contribution in [0.2, 0.25) is 0 Å². The van der Waals surface area contributed by atoms with Gasteiger partial charge in [-0.25, -0.2) is 0 Å². The second-order valence-electron chi connectivity index (χ2n) is 2.21. The van der Waals surface area contributed by atoms with Gasteiger partial charge in [-0.2, -0.15) is 0 Å². The molecule has 0 aliphatic carbocycles. The predicted molar refractivity (Wildman–Crippen MR) is 62.6 cm³/mol. The maximum atomic E-state index is 8.07. The minimum absolute atomic E-state index is 0.615. The Balaban J connectivity index is -0.000000266. The van der Waals surface area contributed by atoms with E-state index in [1.807, 2.05) is 47.6 Å². The van der Waals surface area contributed by atoms with E-state index in [4.69, 9.17) is 5.26 Å². The monoisotopic (exact) mass is 197 g/mol. The molecule has 0 unspecified atom stereocenters. The highest BCUT2D eigenvalue weighted by molar-refractivity contribution is 5.11. The van der Waals surface area contributed by atoms with Gasteiger partial charge >= 0.3 is 0 Å². The molecule has 0 aromatic rings. The minimum atomic E-state index is 0.615. The summed E-state index contributed by atoms with van der Waals surface area (Å²) in [7, 11) is 0. The van der Waals surface area contributed by atoms with Crippen LogP contribution in [0, 0.1) is 11.5 Å². The predicted octanol–water partition coefficient (Wildman–Crippen LogP) is 4.41. The number of hydrogen-bond acceptors (Lipinski definition) is 2. The molecule has 0 saturated carbocycles. The highest BCUT2D eigenvalue weighted by atomic mass is 16.5. The Labute approximate surface area is 88.9 Å². The molecule has 0 heterocycles. The molecular formula is C12H23NO. The lowest BCUT2D eigenvalue weighted by atomic mass is 10.3. The first-order chi connectivity index (χ1) is 6.66. The summed E-state index contributed by atoms with van der Waals surface area (Å²) in [4.78, 5) is 0. The lowest BCUT2D eigenvalue weighted by Crippen LogP contribution is -1.75. The van der Waals surface area contributed by atoms with Crippen LogP contribution in [-0.4, -0.2) is 0 Å². The Morgan fingerprint density at radius 3 is 1.71 bits per heavy atom. The van der Waals surface area contributed by atoms with E-state index in [1.54, 1.807) is 19.3 Å². The summed E-state index contributed by atoms with van der Waals surface area (Å²) in [5, 5.41) is 8.07. The summed E-state index contributed by atoms with van der Waals surface area (Å²) in [6, 6.07) is 0. The zero-order valence-corrected chi connectivity index (χ0v) is 10.5. The van der Waals surface area contributed by atoms with Gasteiger partial charge in [-0.1, -0.05) is 39.3 Å². The molecule has 0 aromatic heterocycles. The summed E-state index contributed by atoms with van der Waals surface area (Å²) in [6.07, 6.45) is 5.25. The van der Waals surface area contributed by atoms with Crippen LogP contribution in [0.5, 0.6) is 0 Å². The van der Waals surface area contributed by atoms with Crippen LogP contribution < -0.4 is 0 Å². The number of nitrogens with zero attached hydrogens (tertiary/aromatic N) is 1. The molecule has 0 saturated heterocycles. The molecule has 0 aromatic carbocycles. The van der Waals surface area contributed by atoms with Crippen molar-refractivity contribution in [3.8, 4) is 6.26 Å². The molecule has 0 N–H and O–H groups in total. The minimum Gasteiger partial charge on any atom is -0.393 e. The fourth-order valence-electron chi connectivity index (χ4n) is 0.390. The van der Waals surface area contributed by atoms with Crippen molar-refractivity contribution in [2.45, 2.75) is 48.5 Å². The van der Waals surface area contributed by atoms with Crippen LogP contribution in [0.3, 0.4) is 0 Å². The third kappa shape index (κ3) is 22.4. The van der Waals surface area contributed by atoms with Gasteiger partial charge < -0.3 is 4.74 Å². The maximum Gasteiger partial charge on any atom is 0.291 e. The van der Waals surface area contributed by atoms with E-state index in [1.165, 1.54) is 5.57 Å². The Morgan fingerprint density at radius 1 is 1.00 bits per heavy atom. The Morgan fingerprint density at radius 2 is 1.43 bits per heavy atom. The number of nitriles is 1. The van der Waals surface area contributed by atoms with E-state index in [0.29, 0.717) is 5.76 Å². The second kappa shape index (κ2) is 17.8. The molecule has 0 amide bonds. The van der Waals surface area contributed by atoms with E-state index in [0.717, 1.165) is 0 Å². The molecule has 0 spiro atoms. The summed E-state index contributed by atoms with van der Waals surface area (Å²) in [5.74, 6) is 0.615. The quantitative estimate of drug-likeness (QED) is 0.373. The summed E-state index contributed by atoms with van der Waals surface area (Å²) < 4.78 is 4.51. The molecule has 82 valence electrons. The highest BCUT2D eigenvalue weighted by Gasteiger charge is 1.82. The van der Waals surface area contributed by atoms with E-state index in [-0.39, 0.29) is 0 Å². The molecule has 0 fully saturated rings. The van der Waals surface area contributed by atoms with Gasteiger partial charge in [0.1, 0.15) is 5.76 Å². The summed E-state index contributed by atoms with van der Waals surface area (Å²) in [5.41, 5.74) is 1.18. The number of rotatable bonds is 2. The first-order valence-corrected chi connectivity index (χ1v) is 5.04. The topological polar surface area (TPSA) is 33.0 Å². The zero-order chi connectivity index (χ0) is 12.0. The fraction of sp³-hybridized carbons (Fsp3) is 0.583. The highest BCUT2D eigenvalue weighted by Crippen LogP contribution is 1.96. The number of hydrogen-bond donors (Lipinski definition) is 0. The first-order valence-electron chi connectivity index (χ1n) is 5.04. The standard InChI is InChI=1S/C8H11NO.2C2H6/c1-7(2)4-5-8(3)10-6-9;2*1-2/h4-5H,1-3H3;2*1-2H3/b8-5+;;. The van der Waals surface area contributed by atoms with Crippen LogP contribution in [0.4, 0.5) is 0 Å². The Bertz CT molecular complexity index is 193. The molecule has 14 heavy (non-hydrogen) atoms. The van der Waals surface area contributed by atoms with Crippen molar-refractivity contribution < 1.29 is 4.74 Å². The van der Waals surface area contributed by atoms with Gasteiger partial charge in [-0.3, -0.25) is 0 Å². The average Bonchev–Trinajstić information content (AvgIpc) is 2.21. The van der Waals surface area contributed by atoms with Crippen LogP contribution >= 0.6 is 0 Å². The lowest BCUT2D eigenvalue weighted by Gasteiger charge is -1.90. The van der Waals surface area contributed by atoms with E-state index < -0.39 is 0 Å². The summed E-state index contributed by atoms with van der Waals surface area (Å²) >= 11 is 0. The van der Waals surface area contributed by atoms with Gasteiger partial charge in [-0.05, 0) is 26.8 Å². The molecule has 0 atom stereocenters. The smallest absolute Gasteiger partial charge is 0.291 e. The number of allylic oxidation sites excluding steroid dienone is 4. The van der Waals surface area contributed by atoms with Gasteiger partial charge in [0.05, 0.1) is 0 Å². The van der Waals surface area contributed by atoms with Crippen molar-refractivity contribution in [3.63, 3.8) is 0 Å².